The molecule has 0 amide bonds. The Hall–Kier alpha value is -3.87. The predicted octanol–water partition coefficient (Wildman–Crippen LogP) is 4.17. The van der Waals surface area contributed by atoms with Gasteiger partial charge in [0.05, 0.1) is 16.3 Å². The van der Waals surface area contributed by atoms with Gasteiger partial charge in [-0.25, -0.2) is 9.38 Å². The van der Waals surface area contributed by atoms with Crippen molar-refractivity contribution in [3.8, 4) is 0 Å². The number of nitrogens with one attached hydrogen (secondary N) is 1. The zero-order valence-corrected chi connectivity index (χ0v) is 14.0. The average molecular weight is 360 g/mol. The maximum Gasteiger partial charge on any atom is 0.269 e. The lowest BCUT2D eigenvalue weighted by molar-refractivity contribution is -0.384. The Morgan fingerprint density at radius 1 is 0.889 bits per heavy atom. The minimum absolute atomic E-state index is 0.0115. The first-order valence-corrected chi connectivity index (χ1v) is 8.14. The van der Waals surface area contributed by atoms with E-state index in [2.05, 4.69) is 15.5 Å². The fourth-order valence-corrected chi connectivity index (χ4v) is 2.78. The van der Waals surface area contributed by atoms with Gasteiger partial charge in [0.2, 0.25) is 0 Å². The minimum Gasteiger partial charge on any atom is -0.260 e. The molecule has 0 saturated carbocycles. The molecule has 0 fully saturated rings. The molecule has 0 aromatic heterocycles. The molecule has 7 heteroatoms. The lowest BCUT2D eigenvalue weighted by Crippen LogP contribution is -2.19. The summed E-state index contributed by atoms with van der Waals surface area (Å²) < 4.78 is 13.2. The number of nitro benzene ring substituents is 1. The van der Waals surface area contributed by atoms with Crippen molar-refractivity contribution >= 4 is 22.9 Å². The van der Waals surface area contributed by atoms with Crippen LogP contribution in [0, 0.1) is 15.9 Å². The van der Waals surface area contributed by atoms with Crippen molar-refractivity contribution in [1.82, 2.24) is 5.43 Å². The largest absolute Gasteiger partial charge is 0.269 e. The van der Waals surface area contributed by atoms with Crippen LogP contribution in [0.2, 0.25) is 0 Å². The molecule has 27 heavy (non-hydrogen) atoms. The number of para-hydroxylation sites is 1. The van der Waals surface area contributed by atoms with E-state index in [9.17, 15) is 14.5 Å². The molecule has 0 spiro atoms. The van der Waals surface area contributed by atoms with E-state index in [4.69, 9.17) is 0 Å². The maximum atomic E-state index is 13.2. The average Bonchev–Trinajstić information content (AvgIpc) is 2.88. The molecule has 0 saturated heterocycles. The molecule has 0 bridgehead atoms. The number of hydrogen-bond acceptors (Lipinski definition) is 5. The number of fused-ring (bicyclic) bond motifs is 1. The Morgan fingerprint density at radius 2 is 1.56 bits per heavy atom. The summed E-state index contributed by atoms with van der Waals surface area (Å²) in [6.45, 7) is 0. The van der Waals surface area contributed by atoms with Gasteiger partial charge in [-0.1, -0.05) is 18.2 Å². The van der Waals surface area contributed by atoms with Gasteiger partial charge in [0.25, 0.3) is 5.69 Å². The van der Waals surface area contributed by atoms with Crippen molar-refractivity contribution in [3.05, 3.63) is 105 Å². The van der Waals surface area contributed by atoms with E-state index < -0.39 is 4.92 Å². The van der Waals surface area contributed by atoms with E-state index in [1.807, 2.05) is 24.3 Å². The molecular weight excluding hydrogens is 347 g/mol. The molecule has 0 radical (unpaired) electrons. The van der Waals surface area contributed by atoms with Crippen molar-refractivity contribution in [1.29, 1.82) is 0 Å². The van der Waals surface area contributed by atoms with Gasteiger partial charge in [0.1, 0.15) is 5.82 Å². The first kappa shape index (κ1) is 16.6. The van der Waals surface area contributed by atoms with Gasteiger partial charge >= 0.3 is 0 Å². The van der Waals surface area contributed by atoms with Gasteiger partial charge in [-0.3, -0.25) is 15.5 Å². The summed E-state index contributed by atoms with van der Waals surface area (Å²) in [4.78, 5) is 15.1. The van der Waals surface area contributed by atoms with E-state index in [0.717, 1.165) is 11.1 Å². The maximum absolute atomic E-state index is 13.2. The van der Waals surface area contributed by atoms with Crippen molar-refractivity contribution in [2.45, 2.75) is 0 Å². The highest BCUT2D eigenvalue weighted by molar-refractivity contribution is 6.18. The third kappa shape index (κ3) is 3.30. The van der Waals surface area contributed by atoms with Crippen LogP contribution in [0.4, 0.5) is 15.8 Å². The molecule has 0 unspecified atom stereocenters. The van der Waals surface area contributed by atoms with Crippen molar-refractivity contribution in [3.63, 3.8) is 0 Å². The van der Waals surface area contributed by atoms with Crippen LogP contribution in [0.3, 0.4) is 0 Å². The molecule has 3 aromatic rings. The smallest absolute Gasteiger partial charge is 0.260 e. The van der Waals surface area contributed by atoms with Crippen molar-refractivity contribution < 1.29 is 9.31 Å². The van der Waals surface area contributed by atoms with Crippen molar-refractivity contribution in [2.75, 3.05) is 0 Å². The second-order valence-corrected chi connectivity index (χ2v) is 5.86. The van der Waals surface area contributed by atoms with Crippen LogP contribution in [-0.4, -0.2) is 16.5 Å². The van der Waals surface area contributed by atoms with Crippen LogP contribution in [0.15, 0.2) is 82.9 Å². The van der Waals surface area contributed by atoms with Gasteiger partial charge in [0.15, 0.2) is 5.84 Å². The summed E-state index contributed by atoms with van der Waals surface area (Å²) in [6.07, 6.45) is 0. The molecule has 132 valence electrons. The number of nitrogens with zero attached hydrogens (tertiary/aromatic N) is 3. The highest BCUT2D eigenvalue weighted by atomic mass is 19.1. The Balaban J connectivity index is 1.79. The molecule has 1 N–H and O–H groups in total. The molecule has 0 aliphatic carbocycles. The summed E-state index contributed by atoms with van der Waals surface area (Å²) in [5.41, 5.74) is 6.45. The Labute approximate surface area is 153 Å². The summed E-state index contributed by atoms with van der Waals surface area (Å²) in [5, 5.41) is 15.3. The monoisotopic (exact) mass is 360 g/mol. The normalized spacial score (nSPS) is 12.9. The fraction of sp³-hybridized carbons (Fsp3) is 0. The fourth-order valence-electron chi connectivity index (χ4n) is 2.78. The Morgan fingerprint density at radius 3 is 2.26 bits per heavy atom. The SMILES string of the molecule is O=[N+]([O-])c1ccc(C2=NNC(c3ccc(F)cc3)=Nc3ccccc32)cc1. The van der Waals surface area contributed by atoms with Gasteiger partial charge in [-0.2, -0.15) is 5.10 Å². The zero-order valence-electron chi connectivity index (χ0n) is 14.0. The number of hydrazone groups is 1. The number of aliphatic imine (C=N–C) groups is 1. The molecular formula is C20H13FN4O2. The lowest BCUT2D eigenvalue weighted by atomic mass is 10.0. The first-order valence-electron chi connectivity index (χ1n) is 8.14. The topological polar surface area (TPSA) is 79.9 Å². The highest BCUT2D eigenvalue weighted by Gasteiger charge is 2.17. The number of hydrogen-bond donors (Lipinski definition) is 1. The van der Waals surface area contributed by atoms with Crippen LogP contribution in [0.5, 0.6) is 0 Å². The van der Waals surface area contributed by atoms with Crippen LogP contribution >= 0.6 is 0 Å². The van der Waals surface area contributed by atoms with Crippen molar-refractivity contribution in [2.24, 2.45) is 10.1 Å². The highest BCUT2D eigenvalue weighted by Crippen LogP contribution is 2.26. The number of benzene rings is 3. The van der Waals surface area contributed by atoms with Gasteiger partial charge in [0, 0.05) is 28.8 Å². The summed E-state index contributed by atoms with van der Waals surface area (Å²) in [6, 6.07) is 19.6. The number of nitro groups is 1. The second-order valence-electron chi connectivity index (χ2n) is 5.86. The van der Waals surface area contributed by atoms with E-state index in [-0.39, 0.29) is 11.5 Å². The first-order chi connectivity index (χ1) is 13.1. The number of non-ortho nitro benzene ring substituents is 1. The Kier molecular flexibility index (Phi) is 4.18. The van der Waals surface area contributed by atoms with Gasteiger partial charge < -0.3 is 0 Å². The van der Waals surface area contributed by atoms with Crippen LogP contribution in [-0.2, 0) is 0 Å². The zero-order chi connectivity index (χ0) is 18.8. The quantitative estimate of drug-likeness (QED) is 0.562. The number of halogens is 1. The van der Waals surface area contributed by atoms with E-state index in [1.54, 1.807) is 24.3 Å². The third-order valence-corrected chi connectivity index (χ3v) is 4.13. The summed E-state index contributed by atoms with van der Waals surface area (Å²) in [7, 11) is 0. The lowest BCUT2D eigenvalue weighted by Gasteiger charge is -2.07. The summed E-state index contributed by atoms with van der Waals surface area (Å²) >= 11 is 0. The molecule has 1 heterocycles. The molecule has 1 aliphatic rings. The molecule has 6 nitrogen and oxygen atoms in total. The number of rotatable bonds is 3. The van der Waals surface area contributed by atoms with Crippen LogP contribution in [0.25, 0.3) is 0 Å². The Bertz CT molecular complexity index is 1070. The van der Waals surface area contributed by atoms with E-state index >= 15 is 0 Å². The molecule has 4 rings (SSSR count). The van der Waals surface area contributed by atoms with Crippen LogP contribution < -0.4 is 5.43 Å². The second kappa shape index (κ2) is 6.80. The molecule has 3 aromatic carbocycles. The standard InChI is InChI=1S/C20H13FN4O2/c21-15-9-5-14(6-10-15)20-22-18-4-2-1-3-17(18)19(23-24-20)13-7-11-16(12-8-13)25(26)27/h1-12H,(H,22,24). The predicted molar refractivity (Wildman–Crippen MR) is 101 cm³/mol. The summed E-state index contributed by atoms with van der Waals surface area (Å²) in [5.74, 6) is 0.155. The van der Waals surface area contributed by atoms with Gasteiger partial charge in [-0.15, -0.1) is 0 Å². The van der Waals surface area contributed by atoms with E-state index in [1.165, 1.54) is 24.3 Å². The van der Waals surface area contributed by atoms with E-state index in [0.29, 0.717) is 22.8 Å². The number of amidine groups is 1. The van der Waals surface area contributed by atoms with Gasteiger partial charge in [-0.05, 0) is 42.5 Å². The minimum atomic E-state index is -0.444. The molecule has 1 aliphatic heterocycles. The third-order valence-electron chi connectivity index (χ3n) is 4.13. The van der Waals surface area contributed by atoms with Crippen LogP contribution in [0.1, 0.15) is 16.7 Å². The molecule has 0 atom stereocenters.